The van der Waals surface area contributed by atoms with Crippen molar-refractivity contribution in [3.05, 3.63) is 28.8 Å². The van der Waals surface area contributed by atoms with Crippen LogP contribution >= 0.6 is 0 Å². The molecule has 120 valence electrons. The maximum atomic E-state index is 12.6. The van der Waals surface area contributed by atoms with E-state index < -0.39 is 53.1 Å². The van der Waals surface area contributed by atoms with E-state index >= 15 is 0 Å². The lowest BCUT2D eigenvalue weighted by Gasteiger charge is -2.23. The van der Waals surface area contributed by atoms with Gasteiger partial charge in [0.15, 0.2) is 0 Å². The van der Waals surface area contributed by atoms with Crippen molar-refractivity contribution in [2.75, 3.05) is 0 Å². The van der Waals surface area contributed by atoms with Crippen LogP contribution in [0, 0.1) is 0 Å². The standard InChI is InChI=1S/C10H6F9NO/c11-8(12,13)3-1-4(9(14,15)16)6(5(21)2-3)7(20)10(17,18)19/h1-2,7,21H,20H2/t7-/m1/s1. The van der Waals surface area contributed by atoms with Crippen LogP contribution in [0.25, 0.3) is 0 Å². The fourth-order valence-corrected chi connectivity index (χ4v) is 1.53. The van der Waals surface area contributed by atoms with E-state index in [1.165, 1.54) is 0 Å². The monoisotopic (exact) mass is 327 g/mol. The van der Waals surface area contributed by atoms with Crippen molar-refractivity contribution in [2.24, 2.45) is 5.73 Å². The van der Waals surface area contributed by atoms with Crippen molar-refractivity contribution < 1.29 is 44.6 Å². The lowest BCUT2D eigenvalue weighted by molar-refractivity contribution is -0.156. The van der Waals surface area contributed by atoms with Gasteiger partial charge < -0.3 is 10.8 Å². The molecule has 0 amide bonds. The van der Waals surface area contributed by atoms with Gasteiger partial charge in [-0.25, -0.2) is 0 Å². The summed E-state index contributed by atoms with van der Waals surface area (Å²) >= 11 is 0. The van der Waals surface area contributed by atoms with Crippen molar-refractivity contribution >= 4 is 0 Å². The highest BCUT2D eigenvalue weighted by Crippen LogP contribution is 2.45. The molecule has 0 aromatic heterocycles. The van der Waals surface area contributed by atoms with E-state index in [1.54, 1.807) is 0 Å². The summed E-state index contributed by atoms with van der Waals surface area (Å²) in [6.45, 7) is 0. The van der Waals surface area contributed by atoms with E-state index in [4.69, 9.17) is 5.11 Å². The number of aromatic hydroxyl groups is 1. The summed E-state index contributed by atoms with van der Waals surface area (Å²) in [7, 11) is 0. The van der Waals surface area contributed by atoms with Gasteiger partial charge in [0.1, 0.15) is 11.8 Å². The number of hydrogen-bond donors (Lipinski definition) is 2. The summed E-state index contributed by atoms with van der Waals surface area (Å²) in [5, 5.41) is 9.15. The molecule has 0 saturated carbocycles. The van der Waals surface area contributed by atoms with Crippen molar-refractivity contribution in [1.82, 2.24) is 0 Å². The number of halogens is 9. The van der Waals surface area contributed by atoms with Crippen LogP contribution in [0.5, 0.6) is 5.75 Å². The Morgan fingerprint density at radius 1 is 0.857 bits per heavy atom. The number of phenolic OH excluding ortho intramolecular Hbond substituents is 1. The van der Waals surface area contributed by atoms with Gasteiger partial charge in [-0.05, 0) is 12.1 Å². The lowest BCUT2D eigenvalue weighted by Crippen LogP contribution is -2.31. The van der Waals surface area contributed by atoms with Gasteiger partial charge in [-0.1, -0.05) is 0 Å². The van der Waals surface area contributed by atoms with E-state index in [9.17, 15) is 39.5 Å². The lowest BCUT2D eigenvalue weighted by atomic mass is 9.96. The molecule has 0 aliphatic carbocycles. The van der Waals surface area contributed by atoms with Crippen molar-refractivity contribution in [3.63, 3.8) is 0 Å². The number of hydrogen-bond acceptors (Lipinski definition) is 2. The molecule has 0 heterocycles. The second-order valence-electron chi connectivity index (χ2n) is 3.97. The molecule has 3 N–H and O–H groups in total. The number of nitrogens with two attached hydrogens (primary N) is 1. The third-order valence-corrected chi connectivity index (χ3v) is 2.45. The van der Waals surface area contributed by atoms with Crippen molar-refractivity contribution in [1.29, 1.82) is 0 Å². The van der Waals surface area contributed by atoms with E-state index in [0.717, 1.165) is 0 Å². The molecular formula is C10H6F9NO. The summed E-state index contributed by atoms with van der Waals surface area (Å²) in [4.78, 5) is 0. The molecule has 0 aliphatic heterocycles. The molecule has 0 radical (unpaired) electrons. The molecule has 1 aromatic rings. The van der Waals surface area contributed by atoms with Crippen LogP contribution in [0.4, 0.5) is 39.5 Å². The van der Waals surface area contributed by atoms with Crippen LogP contribution in [-0.2, 0) is 12.4 Å². The summed E-state index contributed by atoms with van der Waals surface area (Å²) in [6, 6.07) is -4.05. The zero-order chi connectivity index (χ0) is 16.8. The third kappa shape index (κ3) is 3.71. The fraction of sp³-hybridized carbons (Fsp3) is 0.400. The first-order valence-corrected chi connectivity index (χ1v) is 4.99. The molecule has 0 aliphatic rings. The van der Waals surface area contributed by atoms with Gasteiger partial charge in [-0.15, -0.1) is 0 Å². The summed E-state index contributed by atoms with van der Waals surface area (Å²) in [6.07, 6.45) is -16.2. The average Bonchev–Trinajstić information content (AvgIpc) is 2.23. The molecule has 0 saturated heterocycles. The van der Waals surface area contributed by atoms with E-state index in [1.807, 2.05) is 0 Å². The minimum atomic E-state index is -5.56. The number of benzene rings is 1. The SMILES string of the molecule is N[C@H](c1c(O)cc(C(F)(F)F)cc1C(F)(F)F)C(F)(F)F. The highest BCUT2D eigenvalue weighted by atomic mass is 19.4. The molecular weight excluding hydrogens is 321 g/mol. The Morgan fingerprint density at radius 3 is 1.67 bits per heavy atom. The summed E-state index contributed by atoms with van der Waals surface area (Å²) < 4.78 is 112. The van der Waals surface area contributed by atoms with Crippen LogP contribution in [0.15, 0.2) is 12.1 Å². The minimum absolute atomic E-state index is 0.240. The average molecular weight is 327 g/mol. The maximum Gasteiger partial charge on any atom is 0.416 e. The second-order valence-corrected chi connectivity index (χ2v) is 3.97. The van der Waals surface area contributed by atoms with Crippen LogP contribution in [0.2, 0.25) is 0 Å². The maximum absolute atomic E-state index is 12.6. The van der Waals surface area contributed by atoms with Gasteiger partial charge in [0.25, 0.3) is 0 Å². The van der Waals surface area contributed by atoms with Gasteiger partial charge in [0.2, 0.25) is 0 Å². The number of phenols is 1. The summed E-state index contributed by atoms with van der Waals surface area (Å²) in [5.74, 6) is -1.83. The summed E-state index contributed by atoms with van der Waals surface area (Å²) in [5.41, 5.74) is -1.53. The van der Waals surface area contributed by atoms with Gasteiger partial charge in [-0.3, -0.25) is 0 Å². The molecule has 1 atom stereocenters. The molecule has 21 heavy (non-hydrogen) atoms. The second kappa shape index (κ2) is 4.97. The third-order valence-electron chi connectivity index (χ3n) is 2.45. The Morgan fingerprint density at radius 2 is 1.33 bits per heavy atom. The predicted molar refractivity (Wildman–Crippen MR) is 51.1 cm³/mol. The highest BCUT2D eigenvalue weighted by molar-refractivity contribution is 5.47. The molecule has 2 nitrogen and oxygen atoms in total. The highest BCUT2D eigenvalue weighted by Gasteiger charge is 2.47. The molecule has 1 aromatic carbocycles. The smallest absolute Gasteiger partial charge is 0.416 e. The zero-order valence-electron chi connectivity index (χ0n) is 9.66. The normalized spacial score (nSPS) is 15.1. The van der Waals surface area contributed by atoms with Crippen LogP contribution < -0.4 is 5.73 Å². The van der Waals surface area contributed by atoms with Gasteiger partial charge in [0, 0.05) is 5.56 Å². The Kier molecular flexibility index (Phi) is 4.12. The van der Waals surface area contributed by atoms with E-state index in [2.05, 4.69) is 5.73 Å². The Balaban J connectivity index is 3.66. The quantitative estimate of drug-likeness (QED) is 0.766. The van der Waals surface area contributed by atoms with Crippen LogP contribution in [-0.4, -0.2) is 11.3 Å². The first kappa shape index (κ1) is 17.4. The Labute approximate surface area is 111 Å². The topological polar surface area (TPSA) is 46.2 Å². The molecule has 0 fully saturated rings. The molecule has 0 spiro atoms. The molecule has 0 unspecified atom stereocenters. The first-order chi connectivity index (χ1) is 9.15. The van der Waals surface area contributed by atoms with Crippen molar-refractivity contribution in [2.45, 2.75) is 24.6 Å². The van der Waals surface area contributed by atoms with E-state index in [0.29, 0.717) is 0 Å². The van der Waals surface area contributed by atoms with E-state index in [-0.39, 0.29) is 6.07 Å². The number of rotatable bonds is 1. The molecule has 1 rings (SSSR count). The fourth-order valence-electron chi connectivity index (χ4n) is 1.53. The molecule has 0 bridgehead atoms. The van der Waals surface area contributed by atoms with Crippen LogP contribution in [0.1, 0.15) is 22.7 Å². The van der Waals surface area contributed by atoms with Crippen molar-refractivity contribution in [3.8, 4) is 5.75 Å². The largest absolute Gasteiger partial charge is 0.508 e. The Hall–Kier alpha value is -1.65. The van der Waals surface area contributed by atoms with Gasteiger partial charge >= 0.3 is 18.5 Å². The predicted octanol–water partition coefficient (Wildman–Crippen LogP) is 3.99. The zero-order valence-corrected chi connectivity index (χ0v) is 9.66. The minimum Gasteiger partial charge on any atom is -0.508 e. The molecule has 11 heteroatoms. The Bertz CT molecular complexity index is 529. The number of alkyl halides is 9. The van der Waals surface area contributed by atoms with Gasteiger partial charge in [-0.2, -0.15) is 39.5 Å². The first-order valence-electron chi connectivity index (χ1n) is 4.99. The van der Waals surface area contributed by atoms with Crippen LogP contribution in [0.3, 0.4) is 0 Å². The van der Waals surface area contributed by atoms with Gasteiger partial charge in [0.05, 0.1) is 11.1 Å².